The van der Waals surface area contributed by atoms with Crippen molar-refractivity contribution in [2.24, 2.45) is 0 Å². The second-order valence-electron chi connectivity index (χ2n) is 5.54. The van der Waals surface area contributed by atoms with E-state index in [-0.39, 0.29) is 28.3 Å². The Labute approximate surface area is 153 Å². The zero-order chi connectivity index (χ0) is 18.8. The number of non-ortho nitro benzene ring substituents is 1. The molecule has 0 spiro atoms. The molecule has 0 radical (unpaired) electrons. The SMILES string of the molecule is C=CCN1C(=O)SC(=Cc2ccc(-c3ccc([N+](=O)[O-])cc3C)o2)C1=O. The molecule has 0 N–H and O–H groups in total. The number of hydrogen-bond donors (Lipinski definition) is 0. The molecular formula is C18H14N2O5S. The van der Waals surface area contributed by atoms with Gasteiger partial charge in [0.05, 0.1) is 9.83 Å². The molecule has 3 rings (SSSR count). The van der Waals surface area contributed by atoms with Crippen molar-refractivity contribution in [2.45, 2.75) is 6.92 Å². The Morgan fingerprint density at radius 1 is 1.31 bits per heavy atom. The van der Waals surface area contributed by atoms with Crippen molar-refractivity contribution in [3.8, 4) is 11.3 Å². The topological polar surface area (TPSA) is 93.7 Å². The first-order chi connectivity index (χ1) is 12.4. The average molecular weight is 370 g/mol. The molecule has 1 saturated heterocycles. The third-order valence-corrected chi connectivity index (χ3v) is 4.68. The number of thioether (sulfide) groups is 1. The maximum atomic E-state index is 12.2. The summed E-state index contributed by atoms with van der Waals surface area (Å²) in [5.74, 6) is 0.556. The molecule has 2 aromatic rings. The first-order valence-electron chi connectivity index (χ1n) is 7.62. The normalized spacial score (nSPS) is 15.7. The van der Waals surface area contributed by atoms with Crippen LogP contribution in [0.2, 0.25) is 0 Å². The van der Waals surface area contributed by atoms with Crippen molar-refractivity contribution in [3.63, 3.8) is 0 Å². The molecule has 26 heavy (non-hydrogen) atoms. The van der Waals surface area contributed by atoms with Gasteiger partial charge in [0.2, 0.25) is 0 Å². The van der Waals surface area contributed by atoms with E-state index in [1.54, 1.807) is 25.1 Å². The molecule has 7 nitrogen and oxygen atoms in total. The number of imide groups is 1. The van der Waals surface area contributed by atoms with Crippen molar-refractivity contribution in [1.82, 2.24) is 4.90 Å². The number of benzene rings is 1. The van der Waals surface area contributed by atoms with Crippen molar-refractivity contribution in [1.29, 1.82) is 0 Å². The Bertz CT molecular complexity index is 960. The fraction of sp³-hybridized carbons (Fsp3) is 0.111. The highest BCUT2D eigenvalue weighted by Gasteiger charge is 2.34. The third kappa shape index (κ3) is 3.31. The molecule has 1 aliphatic rings. The van der Waals surface area contributed by atoms with Crippen LogP contribution in [0.4, 0.5) is 10.5 Å². The second-order valence-corrected chi connectivity index (χ2v) is 6.53. The van der Waals surface area contributed by atoms with E-state index in [1.165, 1.54) is 24.3 Å². The fourth-order valence-electron chi connectivity index (χ4n) is 2.53. The van der Waals surface area contributed by atoms with Crippen molar-refractivity contribution in [2.75, 3.05) is 6.54 Å². The highest BCUT2D eigenvalue weighted by molar-refractivity contribution is 8.18. The van der Waals surface area contributed by atoms with E-state index in [4.69, 9.17) is 4.42 Å². The van der Waals surface area contributed by atoms with E-state index >= 15 is 0 Å². The van der Waals surface area contributed by atoms with E-state index in [0.717, 1.165) is 22.2 Å². The molecule has 0 atom stereocenters. The predicted octanol–water partition coefficient (Wildman–Crippen LogP) is 4.39. The highest BCUT2D eigenvalue weighted by atomic mass is 32.2. The van der Waals surface area contributed by atoms with Gasteiger partial charge in [-0.2, -0.15) is 0 Å². The standard InChI is InChI=1S/C18H14N2O5S/c1-3-8-19-17(21)16(26-18(19)22)10-13-5-7-15(25-13)14-6-4-12(20(23)24)9-11(14)2/h3-7,9-10H,1,8H2,2H3. The van der Waals surface area contributed by atoms with Gasteiger partial charge in [0, 0.05) is 30.3 Å². The number of nitro groups is 1. The van der Waals surface area contributed by atoms with E-state index in [9.17, 15) is 19.7 Å². The van der Waals surface area contributed by atoms with Gasteiger partial charge in [-0.15, -0.1) is 6.58 Å². The number of furan rings is 1. The molecule has 1 aromatic heterocycles. The van der Waals surface area contributed by atoms with Gasteiger partial charge in [-0.1, -0.05) is 6.08 Å². The van der Waals surface area contributed by atoms with Crippen LogP contribution in [0.25, 0.3) is 17.4 Å². The van der Waals surface area contributed by atoms with Gasteiger partial charge in [-0.05, 0) is 42.4 Å². The zero-order valence-electron chi connectivity index (χ0n) is 13.8. The van der Waals surface area contributed by atoms with E-state index in [0.29, 0.717) is 17.1 Å². The summed E-state index contributed by atoms with van der Waals surface area (Å²) in [5.41, 5.74) is 1.43. The Morgan fingerprint density at radius 3 is 2.73 bits per heavy atom. The smallest absolute Gasteiger partial charge is 0.293 e. The molecule has 132 valence electrons. The Balaban J connectivity index is 1.87. The lowest BCUT2D eigenvalue weighted by atomic mass is 10.1. The van der Waals surface area contributed by atoms with Crippen LogP contribution in [0, 0.1) is 17.0 Å². The van der Waals surface area contributed by atoms with Crippen molar-refractivity contribution in [3.05, 3.63) is 69.3 Å². The number of nitrogens with zero attached hydrogens (tertiary/aromatic N) is 2. The zero-order valence-corrected chi connectivity index (χ0v) is 14.6. The van der Waals surface area contributed by atoms with Crippen LogP contribution in [-0.2, 0) is 4.79 Å². The number of nitro benzene ring substituents is 1. The molecule has 0 saturated carbocycles. The number of amides is 2. The Kier molecular flexibility index (Phi) is 4.77. The van der Waals surface area contributed by atoms with Crippen LogP contribution in [0.3, 0.4) is 0 Å². The lowest BCUT2D eigenvalue weighted by Gasteiger charge is -2.07. The van der Waals surface area contributed by atoms with Crippen LogP contribution in [0.5, 0.6) is 0 Å². The monoisotopic (exact) mass is 370 g/mol. The average Bonchev–Trinajstić information content (AvgIpc) is 3.15. The molecule has 1 aliphatic heterocycles. The van der Waals surface area contributed by atoms with Crippen LogP contribution in [0.1, 0.15) is 11.3 Å². The summed E-state index contributed by atoms with van der Waals surface area (Å²) >= 11 is 0.846. The first-order valence-corrected chi connectivity index (χ1v) is 8.44. The fourth-order valence-corrected chi connectivity index (χ4v) is 3.36. The van der Waals surface area contributed by atoms with E-state index in [1.807, 2.05) is 0 Å². The minimum atomic E-state index is -0.455. The molecule has 0 unspecified atom stereocenters. The van der Waals surface area contributed by atoms with Gasteiger partial charge in [0.25, 0.3) is 16.8 Å². The number of aryl methyl sites for hydroxylation is 1. The number of rotatable bonds is 5. The molecule has 8 heteroatoms. The summed E-state index contributed by atoms with van der Waals surface area (Å²) in [4.78, 5) is 35.8. The van der Waals surface area contributed by atoms with E-state index < -0.39 is 4.92 Å². The minimum Gasteiger partial charge on any atom is -0.457 e. The molecule has 2 amide bonds. The molecular weight excluding hydrogens is 356 g/mol. The van der Waals surface area contributed by atoms with Gasteiger partial charge in [-0.25, -0.2) is 0 Å². The molecule has 1 aromatic carbocycles. The van der Waals surface area contributed by atoms with Gasteiger partial charge >= 0.3 is 0 Å². The summed E-state index contributed by atoms with van der Waals surface area (Å²) in [5, 5.41) is 10.5. The molecule has 0 bridgehead atoms. The lowest BCUT2D eigenvalue weighted by molar-refractivity contribution is -0.384. The Hall–Kier alpha value is -3.13. The van der Waals surface area contributed by atoms with E-state index in [2.05, 4.69) is 6.58 Å². The van der Waals surface area contributed by atoms with Crippen LogP contribution >= 0.6 is 11.8 Å². The summed E-state index contributed by atoms with van der Waals surface area (Å²) in [7, 11) is 0. The number of carbonyl (C=O) groups excluding carboxylic acids is 2. The van der Waals surface area contributed by atoms with Crippen molar-refractivity contribution >= 4 is 34.7 Å². The maximum Gasteiger partial charge on any atom is 0.293 e. The van der Waals surface area contributed by atoms with Crippen LogP contribution < -0.4 is 0 Å². The summed E-state index contributed by atoms with van der Waals surface area (Å²) in [6.45, 7) is 5.44. The first kappa shape index (κ1) is 17.7. The van der Waals surface area contributed by atoms with Gasteiger partial charge in [-0.3, -0.25) is 24.6 Å². The Morgan fingerprint density at radius 2 is 2.08 bits per heavy atom. The quantitative estimate of drug-likeness (QED) is 0.335. The molecule has 2 heterocycles. The lowest BCUT2D eigenvalue weighted by Crippen LogP contribution is -2.27. The second kappa shape index (κ2) is 7.01. The van der Waals surface area contributed by atoms with Crippen LogP contribution in [0.15, 0.2) is 52.3 Å². The van der Waals surface area contributed by atoms with Crippen molar-refractivity contribution < 1.29 is 18.9 Å². The highest BCUT2D eigenvalue weighted by Crippen LogP contribution is 2.34. The summed E-state index contributed by atoms with van der Waals surface area (Å²) < 4.78 is 5.73. The number of carbonyl (C=O) groups is 2. The van der Waals surface area contributed by atoms with Gasteiger partial charge in [0.15, 0.2) is 0 Å². The minimum absolute atomic E-state index is 0.00826. The summed E-state index contributed by atoms with van der Waals surface area (Å²) in [6.07, 6.45) is 3.00. The predicted molar refractivity (Wildman–Crippen MR) is 98.4 cm³/mol. The summed E-state index contributed by atoms with van der Waals surface area (Å²) in [6, 6.07) is 7.89. The van der Waals surface area contributed by atoms with Gasteiger partial charge in [0.1, 0.15) is 11.5 Å². The largest absolute Gasteiger partial charge is 0.457 e. The van der Waals surface area contributed by atoms with Crippen LogP contribution in [-0.4, -0.2) is 27.5 Å². The third-order valence-electron chi connectivity index (χ3n) is 3.77. The maximum absolute atomic E-state index is 12.2. The van der Waals surface area contributed by atoms with Gasteiger partial charge < -0.3 is 4.42 Å². The molecule has 1 fully saturated rings. The number of hydrogen-bond acceptors (Lipinski definition) is 6. The molecule has 0 aliphatic carbocycles.